The predicted octanol–water partition coefficient (Wildman–Crippen LogP) is 3.02. The number of oxime groups is 1. The molecule has 1 saturated carbocycles. The Bertz CT molecular complexity index is 995. The number of nitrogens with one attached hydrogen (secondary N) is 1. The maximum atomic E-state index is 13.6. The van der Waals surface area contributed by atoms with Gasteiger partial charge in [-0.1, -0.05) is 18.0 Å². The minimum atomic E-state index is -4.74. The quantitative estimate of drug-likeness (QED) is 0.558. The maximum absolute atomic E-state index is 13.6. The zero-order valence-corrected chi connectivity index (χ0v) is 16.6. The minimum absolute atomic E-state index is 0.0171. The summed E-state index contributed by atoms with van der Waals surface area (Å²) >= 11 is 0. The Hall–Kier alpha value is -2.63. The van der Waals surface area contributed by atoms with Crippen molar-refractivity contribution in [2.75, 3.05) is 18.7 Å². The Balaban J connectivity index is 2.15. The molecule has 0 amide bonds. The van der Waals surface area contributed by atoms with Crippen LogP contribution >= 0.6 is 0 Å². The molecule has 0 saturated heterocycles. The molecule has 1 aliphatic rings. The topological polar surface area (TPSA) is 98.5 Å². The fourth-order valence-electron chi connectivity index (χ4n) is 3.15. The number of nitrogens with zero attached hydrogens (tertiary/aromatic N) is 4. The Morgan fingerprint density at radius 1 is 1.31 bits per heavy atom. The monoisotopic (exact) mass is 431 g/mol. The first kappa shape index (κ1) is 21.1. The molecule has 12 heteroatoms. The number of pyridine rings is 1. The maximum Gasteiger partial charge on any atom is 0.435 e. The van der Waals surface area contributed by atoms with E-state index in [9.17, 15) is 21.6 Å². The molecule has 1 fully saturated rings. The summed E-state index contributed by atoms with van der Waals surface area (Å²) in [6.07, 6.45) is 1.89. The third kappa shape index (κ3) is 4.69. The normalized spacial score (nSPS) is 15.9. The molecule has 0 aromatic carbocycles. The van der Waals surface area contributed by atoms with Gasteiger partial charge in [0.2, 0.25) is 0 Å². The zero-order chi connectivity index (χ0) is 21.2. The van der Waals surface area contributed by atoms with Gasteiger partial charge in [0, 0.05) is 18.5 Å². The Labute approximate surface area is 165 Å². The number of aromatic nitrogens is 3. The highest BCUT2D eigenvalue weighted by molar-refractivity contribution is 7.90. The third-order valence-electron chi connectivity index (χ3n) is 4.54. The van der Waals surface area contributed by atoms with Gasteiger partial charge < -0.3 is 10.2 Å². The van der Waals surface area contributed by atoms with E-state index >= 15 is 0 Å². The van der Waals surface area contributed by atoms with E-state index in [0.29, 0.717) is 0 Å². The van der Waals surface area contributed by atoms with Crippen molar-refractivity contribution in [3.05, 3.63) is 29.6 Å². The molecule has 0 bridgehead atoms. The highest BCUT2D eigenvalue weighted by atomic mass is 32.2. The fraction of sp³-hybridized carbons (Fsp3) is 0.471. The lowest BCUT2D eigenvalue weighted by atomic mass is 10.2. The van der Waals surface area contributed by atoms with Gasteiger partial charge in [0.05, 0.1) is 16.7 Å². The van der Waals surface area contributed by atoms with E-state index in [4.69, 9.17) is 0 Å². The van der Waals surface area contributed by atoms with Crippen LogP contribution in [0.15, 0.2) is 28.4 Å². The van der Waals surface area contributed by atoms with E-state index in [2.05, 4.69) is 25.4 Å². The Morgan fingerprint density at radius 3 is 2.52 bits per heavy atom. The molecule has 3 rings (SSSR count). The molecule has 8 nitrogen and oxygen atoms in total. The first-order valence-electron chi connectivity index (χ1n) is 8.81. The highest BCUT2D eigenvalue weighted by Gasteiger charge is 2.40. The van der Waals surface area contributed by atoms with Gasteiger partial charge in [-0.3, -0.25) is 0 Å². The SMILES string of the molecule is CON=Cc1c(C(F)(F)F)nn(-c2ccc(S(C)(=O)=O)cn2)c1NC1CCCC1. The second-order valence-electron chi connectivity index (χ2n) is 6.69. The second-order valence-corrected chi connectivity index (χ2v) is 8.70. The molecular formula is C17H20F3N5O3S. The van der Waals surface area contributed by atoms with E-state index in [-0.39, 0.29) is 28.1 Å². The number of hydrogen-bond acceptors (Lipinski definition) is 7. The molecule has 0 atom stereocenters. The summed E-state index contributed by atoms with van der Waals surface area (Å²) in [6.45, 7) is 0. The van der Waals surface area contributed by atoms with Crippen LogP contribution in [-0.4, -0.2) is 48.8 Å². The molecule has 0 radical (unpaired) electrons. The van der Waals surface area contributed by atoms with Crippen LogP contribution in [0.5, 0.6) is 0 Å². The highest BCUT2D eigenvalue weighted by Crippen LogP contribution is 2.36. The van der Waals surface area contributed by atoms with Gasteiger partial charge in [0.1, 0.15) is 12.9 Å². The molecule has 0 spiro atoms. The lowest BCUT2D eigenvalue weighted by Crippen LogP contribution is -2.19. The van der Waals surface area contributed by atoms with E-state index in [1.54, 1.807) is 0 Å². The first-order chi connectivity index (χ1) is 13.6. The number of hydrogen-bond donors (Lipinski definition) is 1. The molecule has 2 aromatic rings. The van der Waals surface area contributed by atoms with Crippen LogP contribution in [0, 0.1) is 0 Å². The third-order valence-corrected chi connectivity index (χ3v) is 5.64. The van der Waals surface area contributed by atoms with Crippen molar-refractivity contribution in [1.29, 1.82) is 0 Å². The molecule has 2 heterocycles. The van der Waals surface area contributed by atoms with Gasteiger partial charge in [-0.2, -0.15) is 23.0 Å². The van der Waals surface area contributed by atoms with E-state index < -0.39 is 21.7 Å². The van der Waals surface area contributed by atoms with Gasteiger partial charge in [-0.05, 0) is 25.0 Å². The molecule has 0 unspecified atom stereocenters. The van der Waals surface area contributed by atoms with Crippen LogP contribution in [0.2, 0.25) is 0 Å². The van der Waals surface area contributed by atoms with Crippen LogP contribution in [0.4, 0.5) is 19.0 Å². The summed E-state index contributed by atoms with van der Waals surface area (Å²) in [5.41, 5.74) is -1.42. The van der Waals surface area contributed by atoms with Crippen molar-refractivity contribution in [2.24, 2.45) is 5.16 Å². The van der Waals surface area contributed by atoms with Crippen LogP contribution in [0.3, 0.4) is 0 Å². The van der Waals surface area contributed by atoms with E-state index in [0.717, 1.165) is 49.0 Å². The Morgan fingerprint density at radius 2 is 2.00 bits per heavy atom. The van der Waals surface area contributed by atoms with Gasteiger partial charge >= 0.3 is 6.18 Å². The summed E-state index contributed by atoms with van der Waals surface area (Å²) in [5, 5.41) is 10.3. The molecule has 29 heavy (non-hydrogen) atoms. The lowest BCUT2D eigenvalue weighted by Gasteiger charge is -2.16. The molecular weight excluding hydrogens is 411 g/mol. The van der Waals surface area contributed by atoms with Crippen molar-refractivity contribution in [3.8, 4) is 5.82 Å². The van der Waals surface area contributed by atoms with Crippen LogP contribution < -0.4 is 5.32 Å². The van der Waals surface area contributed by atoms with Crippen LogP contribution in [0.1, 0.15) is 36.9 Å². The second kappa shape index (κ2) is 8.01. The molecule has 2 aromatic heterocycles. The minimum Gasteiger partial charge on any atom is -0.399 e. The summed E-state index contributed by atoms with van der Waals surface area (Å²) in [4.78, 5) is 8.52. The standard InChI is InChI=1S/C17H20F3N5O3S/c1-28-22-10-13-15(17(18,19)20)24-25(16(13)23-11-5-3-4-6-11)14-8-7-12(9-21-14)29(2,26)27/h7-11,23H,3-6H2,1-2H3. The van der Waals surface area contributed by atoms with Gasteiger partial charge in [-0.25, -0.2) is 13.4 Å². The number of anilines is 1. The summed E-state index contributed by atoms with van der Waals surface area (Å²) in [5.74, 6) is 0.116. The van der Waals surface area contributed by atoms with E-state index in [1.165, 1.54) is 19.2 Å². The zero-order valence-electron chi connectivity index (χ0n) is 15.8. The lowest BCUT2D eigenvalue weighted by molar-refractivity contribution is -0.141. The summed E-state index contributed by atoms with van der Waals surface area (Å²) < 4.78 is 65.1. The fourth-order valence-corrected chi connectivity index (χ4v) is 3.71. The van der Waals surface area contributed by atoms with Crippen molar-refractivity contribution in [1.82, 2.24) is 14.8 Å². The first-order valence-corrected chi connectivity index (χ1v) is 10.7. The molecule has 0 aliphatic heterocycles. The molecule has 1 aliphatic carbocycles. The van der Waals surface area contributed by atoms with Crippen molar-refractivity contribution < 1.29 is 26.4 Å². The number of alkyl halides is 3. The smallest absolute Gasteiger partial charge is 0.399 e. The van der Waals surface area contributed by atoms with Crippen LogP contribution in [-0.2, 0) is 20.9 Å². The largest absolute Gasteiger partial charge is 0.435 e. The number of halogens is 3. The number of sulfone groups is 1. The Kier molecular flexibility index (Phi) is 5.82. The predicted molar refractivity (Wildman–Crippen MR) is 100.0 cm³/mol. The number of rotatable bonds is 6. The van der Waals surface area contributed by atoms with Gasteiger partial charge in [0.15, 0.2) is 21.3 Å². The van der Waals surface area contributed by atoms with Crippen molar-refractivity contribution in [2.45, 2.75) is 42.8 Å². The average molecular weight is 431 g/mol. The summed E-state index contributed by atoms with van der Waals surface area (Å²) in [7, 11) is -2.27. The average Bonchev–Trinajstić information content (AvgIpc) is 3.27. The van der Waals surface area contributed by atoms with Gasteiger partial charge in [-0.15, -0.1) is 0 Å². The molecule has 1 N–H and O–H groups in total. The van der Waals surface area contributed by atoms with Crippen molar-refractivity contribution in [3.63, 3.8) is 0 Å². The van der Waals surface area contributed by atoms with Crippen LogP contribution in [0.25, 0.3) is 5.82 Å². The van der Waals surface area contributed by atoms with E-state index in [1.807, 2.05) is 0 Å². The van der Waals surface area contributed by atoms with Crippen molar-refractivity contribution >= 4 is 21.9 Å². The van der Waals surface area contributed by atoms with Gasteiger partial charge in [0.25, 0.3) is 0 Å². The molecule has 158 valence electrons. The summed E-state index contributed by atoms with van der Waals surface area (Å²) in [6, 6.07) is 2.56.